The number of morpholine rings is 1. The normalized spacial score (nSPS) is 23.6. The van der Waals surface area contributed by atoms with Gasteiger partial charge >= 0.3 is 0 Å². The summed E-state index contributed by atoms with van der Waals surface area (Å²) in [6, 6.07) is 3.37. The van der Waals surface area contributed by atoms with E-state index in [1.165, 1.54) is 24.1 Å². The number of anilines is 1. The molecule has 1 atom stereocenters. The van der Waals surface area contributed by atoms with E-state index in [4.69, 9.17) is 4.74 Å². The molecule has 1 aromatic rings. The molecule has 1 saturated heterocycles. The first-order valence-electron chi connectivity index (χ1n) is 7.39. The lowest BCUT2D eigenvalue weighted by Crippen LogP contribution is -2.45. The molecule has 1 aromatic heterocycles. The number of ether oxygens (including phenoxy) is 1. The SMILES string of the molecule is CCC1COCCN1c1cnccc1CNC1CC1. The van der Waals surface area contributed by atoms with Crippen molar-refractivity contribution >= 4 is 5.69 Å². The third-order valence-corrected chi connectivity index (χ3v) is 4.05. The van der Waals surface area contributed by atoms with Gasteiger partial charge in [-0.05, 0) is 30.9 Å². The van der Waals surface area contributed by atoms with Gasteiger partial charge in [-0.1, -0.05) is 6.92 Å². The van der Waals surface area contributed by atoms with Crippen molar-refractivity contribution in [1.29, 1.82) is 0 Å². The van der Waals surface area contributed by atoms with Crippen LogP contribution in [0.4, 0.5) is 5.69 Å². The Balaban J connectivity index is 1.76. The molecule has 104 valence electrons. The minimum Gasteiger partial charge on any atom is -0.377 e. The standard InChI is InChI=1S/C15H23N3O/c1-2-14-11-19-8-7-18(14)15-10-16-6-5-12(15)9-17-13-3-4-13/h5-6,10,13-14,17H,2-4,7-9,11H2,1H3. The fourth-order valence-electron chi connectivity index (χ4n) is 2.67. The van der Waals surface area contributed by atoms with E-state index in [1.54, 1.807) is 0 Å². The summed E-state index contributed by atoms with van der Waals surface area (Å²) in [5, 5.41) is 3.60. The van der Waals surface area contributed by atoms with Crippen LogP contribution in [-0.2, 0) is 11.3 Å². The highest BCUT2D eigenvalue weighted by atomic mass is 16.5. The predicted molar refractivity (Wildman–Crippen MR) is 76.3 cm³/mol. The molecule has 0 aromatic carbocycles. The molecule has 1 unspecified atom stereocenters. The molecule has 2 fully saturated rings. The molecule has 1 aliphatic heterocycles. The van der Waals surface area contributed by atoms with Gasteiger partial charge < -0.3 is 15.0 Å². The summed E-state index contributed by atoms with van der Waals surface area (Å²) in [5.74, 6) is 0. The number of rotatable bonds is 5. The summed E-state index contributed by atoms with van der Waals surface area (Å²) in [6.07, 6.45) is 7.68. The molecule has 0 bridgehead atoms. The number of pyridine rings is 1. The topological polar surface area (TPSA) is 37.4 Å². The van der Waals surface area contributed by atoms with Crippen LogP contribution >= 0.6 is 0 Å². The number of nitrogens with zero attached hydrogens (tertiary/aromatic N) is 2. The molecule has 0 radical (unpaired) electrons. The second kappa shape index (κ2) is 5.88. The van der Waals surface area contributed by atoms with Crippen LogP contribution < -0.4 is 10.2 Å². The maximum Gasteiger partial charge on any atom is 0.0670 e. The molecular weight excluding hydrogens is 238 g/mol. The first-order valence-corrected chi connectivity index (χ1v) is 7.39. The molecule has 3 rings (SSSR count). The van der Waals surface area contributed by atoms with Gasteiger partial charge in [-0.2, -0.15) is 0 Å². The molecule has 0 spiro atoms. The molecule has 1 aliphatic carbocycles. The van der Waals surface area contributed by atoms with Crippen molar-refractivity contribution in [3.63, 3.8) is 0 Å². The van der Waals surface area contributed by atoms with Crippen LogP contribution in [0.3, 0.4) is 0 Å². The predicted octanol–water partition coefficient (Wildman–Crippen LogP) is 1.95. The van der Waals surface area contributed by atoms with Crippen LogP contribution in [0.2, 0.25) is 0 Å². The van der Waals surface area contributed by atoms with E-state index < -0.39 is 0 Å². The van der Waals surface area contributed by atoms with Crippen LogP contribution in [0.25, 0.3) is 0 Å². The number of hydrogen-bond donors (Lipinski definition) is 1. The molecule has 1 saturated carbocycles. The van der Waals surface area contributed by atoms with Gasteiger partial charge in [-0.25, -0.2) is 0 Å². The first kappa shape index (κ1) is 12.9. The third kappa shape index (κ3) is 3.07. The lowest BCUT2D eigenvalue weighted by atomic mass is 10.1. The summed E-state index contributed by atoms with van der Waals surface area (Å²) >= 11 is 0. The molecule has 4 heteroatoms. The maximum atomic E-state index is 5.60. The van der Waals surface area contributed by atoms with Gasteiger partial charge in [0.15, 0.2) is 0 Å². The highest BCUT2D eigenvalue weighted by Gasteiger charge is 2.25. The first-order chi connectivity index (χ1) is 9.38. The van der Waals surface area contributed by atoms with E-state index in [2.05, 4.69) is 28.2 Å². The largest absolute Gasteiger partial charge is 0.377 e. The van der Waals surface area contributed by atoms with E-state index in [-0.39, 0.29) is 0 Å². The van der Waals surface area contributed by atoms with Crippen molar-refractivity contribution in [1.82, 2.24) is 10.3 Å². The van der Waals surface area contributed by atoms with Crippen molar-refractivity contribution in [3.8, 4) is 0 Å². The Bertz CT molecular complexity index is 420. The Kier molecular flexibility index (Phi) is 3.99. The van der Waals surface area contributed by atoms with Crippen molar-refractivity contribution < 1.29 is 4.74 Å². The molecular formula is C15H23N3O. The van der Waals surface area contributed by atoms with Crippen LogP contribution in [0, 0.1) is 0 Å². The lowest BCUT2D eigenvalue weighted by molar-refractivity contribution is 0.0928. The summed E-state index contributed by atoms with van der Waals surface area (Å²) in [7, 11) is 0. The number of aromatic nitrogens is 1. The van der Waals surface area contributed by atoms with Crippen LogP contribution in [0.5, 0.6) is 0 Å². The smallest absolute Gasteiger partial charge is 0.0670 e. The Hall–Kier alpha value is -1.13. The zero-order valence-electron chi connectivity index (χ0n) is 11.6. The Morgan fingerprint density at radius 2 is 2.37 bits per heavy atom. The minimum absolute atomic E-state index is 0.484. The van der Waals surface area contributed by atoms with Gasteiger partial charge in [-0.3, -0.25) is 4.98 Å². The summed E-state index contributed by atoms with van der Waals surface area (Å²) < 4.78 is 5.60. The quantitative estimate of drug-likeness (QED) is 0.879. The average molecular weight is 261 g/mol. The van der Waals surface area contributed by atoms with E-state index in [1.807, 2.05) is 12.4 Å². The number of nitrogens with one attached hydrogen (secondary N) is 1. The van der Waals surface area contributed by atoms with Gasteiger partial charge in [0.05, 0.1) is 31.1 Å². The van der Waals surface area contributed by atoms with Crippen LogP contribution in [0.15, 0.2) is 18.5 Å². The molecule has 2 aliphatic rings. The van der Waals surface area contributed by atoms with Gasteiger partial charge in [0, 0.05) is 25.3 Å². The van der Waals surface area contributed by atoms with Crippen LogP contribution in [-0.4, -0.2) is 36.8 Å². The third-order valence-electron chi connectivity index (χ3n) is 4.05. The molecule has 1 N–H and O–H groups in total. The number of hydrogen-bond acceptors (Lipinski definition) is 4. The molecule has 4 nitrogen and oxygen atoms in total. The Labute approximate surface area is 115 Å². The summed E-state index contributed by atoms with van der Waals surface area (Å²) in [6.45, 7) is 5.81. The van der Waals surface area contributed by atoms with Crippen LogP contribution in [0.1, 0.15) is 31.7 Å². The van der Waals surface area contributed by atoms with E-state index >= 15 is 0 Å². The fraction of sp³-hybridized carbons (Fsp3) is 0.667. The molecule has 0 amide bonds. The van der Waals surface area contributed by atoms with Gasteiger partial charge in [0.2, 0.25) is 0 Å². The highest BCUT2D eigenvalue weighted by molar-refractivity contribution is 5.53. The fourth-order valence-corrected chi connectivity index (χ4v) is 2.67. The monoisotopic (exact) mass is 261 g/mol. The maximum absolute atomic E-state index is 5.60. The van der Waals surface area contributed by atoms with Crippen molar-refractivity contribution in [2.75, 3.05) is 24.7 Å². The second-order valence-corrected chi connectivity index (χ2v) is 5.49. The molecule has 19 heavy (non-hydrogen) atoms. The lowest BCUT2D eigenvalue weighted by Gasteiger charge is -2.37. The van der Waals surface area contributed by atoms with E-state index in [9.17, 15) is 0 Å². The van der Waals surface area contributed by atoms with Gasteiger partial charge in [0.25, 0.3) is 0 Å². The van der Waals surface area contributed by atoms with Crippen molar-refractivity contribution in [2.24, 2.45) is 0 Å². The van der Waals surface area contributed by atoms with E-state index in [0.717, 1.165) is 38.8 Å². The van der Waals surface area contributed by atoms with Gasteiger partial charge in [-0.15, -0.1) is 0 Å². The molecule has 2 heterocycles. The van der Waals surface area contributed by atoms with Gasteiger partial charge in [0.1, 0.15) is 0 Å². The summed E-state index contributed by atoms with van der Waals surface area (Å²) in [5.41, 5.74) is 2.65. The second-order valence-electron chi connectivity index (χ2n) is 5.49. The Morgan fingerprint density at radius 1 is 1.47 bits per heavy atom. The minimum atomic E-state index is 0.484. The van der Waals surface area contributed by atoms with Crippen molar-refractivity contribution in [3.05, 3.63) is 24.0 Å². The van der Waals surface area contributed by atoms with Crippen molar-refractivity contribution in [2.45, 2.75) is 44.8 Å². The zero-order valence-corrected chi connectivity index (χ0v) is 11.6. The Morgan fingerprint density at radius 3 is 3.16 bits per heavy atom. The highest BCUT2D eigenvalue weighted by Crippen LogP contribution is 2.26. The van der Waals surface area contributed by atoms with E-state index in [0.29, 0.717) is 6.04 Å². The summed E-state index contributed by atoms with van der Waals surface area (Å²) in [4.78, 5) is 6.79. The zero-order chi connectivity index (χ0) is 13.1. The average Bonchev–Trinajstić information content (AvgIpc) is 3.29.